The fourth-order valence-corrected chi connectivity index (χ4v) is 1.63. The van der Waals surface area contributed by atoms with Crippen LogP contribution in [0.4, 0.5) is 10.2 Å². The van der Waals surface area contributed by atoms with Crippen molar-refractivity contribution in [3.05, 3.63) is 24.3 Å². The Morgan fingerprint density at radius 1 is 1.14 bits per heavy atom. The predicted molar refractivity (Wildman–Crippen MR) is 53.3 cm³/mol. The zero-order valence-corrected chi connectivity index (χ0v) is 7.87. The lowest BCUT2D eigenvalue weighted by molar-refractivity contribution is -0.00619. The number of piperazine rings is 1. The van der Waals surface area contributed by atoms with Gasteiger partial charge in [-0.15, -0.1) is 0 Å². The second-order valence-corrected chi connectivity index (χ2v) is 3.31. The van der Waals surface area contributed by atoms with Gasteiger partial charge in [0, 0.05) is 36.4 Å². The summed E-state index contributed by atoms with van der Waals surface area (Å²) in [5, 5.41) is 3.28. The second kappa shape index (κ2) is 4.28. The lowest BCUT2D eigenvalue weighted by atomic mass is 10.2. The summed E-state index contributed by atoms with van der Waals surface area (Å²) in [7, 11) is 0. The number of hydrogen-bond acceptors (Lipinski definition) is 3. The Hall–Kier alpha value is -1.29. The third kappa shape index (κ3) is 1.96. The minimum Gasteiger partial charge on any atom is -0.369 e. The van der Waals surface area contributed by atoms with E-state index in [2.05, 4.69) is 15.2 Å². The molecule has 1 aromatic rings. The molecule has 0 radical (unpaired) electrons. The normalized spacial score (nSPS) is 16.8. The van der Waals surface area contributed by atoms with Gasteiger partial charge in [0.05, 0.1) is 0 Å². The average molecular weight is 196 g/mol. The van der Waals surface area contributed by atoms with Crippen LogP contribution in [-0.4, -0.2) is 26.2 Å². The van der Waals surface area contributed by atoms with Crippen LogP contribution in [0.3, 0.4) is 0 Å². The molecule has 1 fully saturated rings. The smallest absolute Gasteiger partial charge is 0.172 e. The summed E-state index contributed by atoms with van der Waals surface area (Å²) < 4.78 is 11.8. The van der Waals surface area contributed by atoms with E-state index in [0.29, 0.717) is 0 Å². The number of rotatable bonds is 2. The van der Waals surface area contributed by atoms with E-state index >= 15 is 0 Å². The summed E-state index contributed by atoms with van der Waals surface area (Å²) in [4.78, 5) is 5.89. The van der Waals surface area contributed by atoms with Crippen LogP contribution in [-0.2, 0) is 0 Å². The van der Waals surface area contributed by atoms with Crippen LogP contribution in [0.2, 0.25) is 0 Å². The molecule has 0 aliphatic carbocycles. The number of nitrogens with one attached hydrogen (secondary N) is 1. The minimum atomic E-state index is 0.254. The van der Waals surface area contributed by atoms with Crippen molar-refractivity contribution in [3.63, 3.8) is 0 Å². The predicted octanol–water partition coefficient (Wildman–Crippen LogP) is 1.36. The average Bonchev–Trinajstić information content (AvgIpc) is 2.30. The largest absolute Gasteiger partial charge is 0.369 e. The molecule has 0 spiro atoms. The van der Waals surface area contributed by atoms with Crippen molar-refractivity contribution in [2.24, 2.45) is 0 Å². The van der Waals surface area contributed by atoms with Gasteiger partial charge in [0.1, 0.15) is 0 Å². The molecule has 0 atom stereocenters. The van der Waals surface area contributed by atoms with Crippen LogP contribution in [0.25, 0.3) is 0 Å². The Morgan fingerprint density at radius 2 is 1.79 bits per heavy atom. The summed E-state index contributed by atoms with van der Waals surface area (Å²) in [6.45, 7) is 3.99. The Morgan fingerprint density at radius 3 is 2.36 bits per heavy atom. The van der Waals surface area contributed by atoms with Gasteiger partial charge in [0.25, 0.3) is 0 Å². The van der Waals surface area contributed by atoms with Crippen molar-refractivity contribution in [2.45, 2.75) is 0 Å². The van der Waals surface area contributed by atoms with Gasteiger partial charge in [-0.2, -0.15) is 0 Å². The quantitative estimate of drug-likeness (QED) is 0.773. The first-order valence-electron chi connectivity index (χ1n) is 4.74. The Bertz CT molecular complexity index is 283. The summed E-state index contributed by atoms with van der Waals surface area (Å²) >= 11 is 0. The fourth-order valence-electron chi connectivity index (χ4n) is 1.63. The molecule has 0 saturated carbocycles. The van der Waals surface area contributed by atoms with Crippen molar-refractivity contribution in [1.82, 2.24) is 5.32 Å². The minimum absolute atomic E-state index is 0.254. The maximum absolute atomic E-state index is 11.8. The van der Waals surface area contributed by atoms with E-state index in [0.717, 1.165) is 31.9 Å². The van der Waals surface area contributed by atoms with Crippen LogP contribution in [0, 0.1) is 0 Å². The number of anilines is 1. The SMILES string of the molecule is FOc1ccc(N2CCNCC2)cc1. The highest BCUT2D eigenvalue weighted by Gasteiger charge is 2.09. The molecule has 1 saturated heterocycles. The van der Waals surface area contributed by atoms with Crippen molar-refractivity contribution in [2.75, 3.05) is 31.1 Å². The first-order valence-corrected chi connectivity index (χ1v) is 4.74. The van der Waals surface area contributed by atoms with E-state index in [1.54, 1.807) is 12.1 Å². The Kier molecular flexibility index (Phi) is 2.84. The molecule has 0 aromatic heterocycles. The van der Waals surface area contributed by atoms with Crippen molar-refractivity contribution >= 4 is 5.69 Å². The third-order valence-electron chi connectivity index (χ3n) is 2.41. The maximum atomic E-state index is 11.8. The highest BCUT2D eigenvalue weighted by molar-refractivity contribution is 5.49. The lowest BCUT2D eigenvalue weighted by Gasteiger charge is -2.29. The van der Waals surface area contributed by atoms with E-state index in [1.807, 2.05) is 12.1 Å². The summed E-state index contributed by atoms with van der Waals surface area (Å²) in [5.74, 6) is 0.254. The number of halogens is 1. The molecule has 1 aromatic carbocycles. The van der Waals surface area contributed by atoms with Crippen LogP contribution in [0.1, 0.15) is 0 Å². The van der Waals surface area contributed by atoms with Gasteiger partial charge in [0.2, 0.25) is 0 Å². The summed E-state index contributed by atoms with van der Waals surface area (Å²) in [6, 6.07) is 7.02. The molecule has 0 unspecified atom stereocenters. The Labute approximate surface area is 82.4 Å². The zero-order valence-electron chi connectivity index (χ0n) is 7.87. The Balaban J connectivity index is 2.07. The van der Waals surface area contributed by atoms with Crippen LogP contribution in [0.5, 0.6) is 5.75 Å². The van der Waals surface area contributed by atoms with Crippen molar-refractivity contribution in [1.29, 1.82) is 0 Å². The van der Waals surface area contributed by atoms with Crippen molar-refractivity contribution in [3.8, 4) is 5.75 Å². The molecular formula is C10H13FN2O. The van der Waals surface area contributed by atoms with E-state index in [1.165, 1.54) is 0 Å². The van der Waals surface area contributed by atoms with Gasteiger partial charge in [0.15, 0.2) is 5.75 Å². The molecule has 2 rings (SSSR count). The zero-order chi connectivity index (χ0) is 9.80. The summed E-state index contributed by atoms with van der Waals surface area (Å²) in [6.07, 6.45) is 0. The van der Waals surface area contributed by atoms with Gasteiger partial charge in [-0.1, -0.05) is 0 Å². The fraction of sp³-hybridized carbons (Fsp3) is 0.400. The maximum Gasteiger partial charge on any atom is 0.172 e. The first kappa shape index (κ1) is 9.27. The molecule has 1 aliphatic heterocycles. The van der Waals surface area contributed by atoms with Gasteiger partial charge in [-0.25, -0.2) is 0 Å². The lowest BCUT2D eigenvalue weighted by Crippen LogP contribution is -2.43. The topological polar surface area (TPSA) is 24.5 Å². The highest BCUT2D eigenvalue weighted by atomic mass is 19.3. The molecule has 0 amide bonds. The first-order chi connectivity index (χ1) is 6.90. The van der Waals surface area contributed by atoms with Crippen molar-refractivity contribution < 1.29 is 9.47 Å². The molecule has 1 N–H and O–H groups in total. The molecule has 1 aliphatic rings. The molecular weight excluding hydrogens is 183 g/mol. The van der Waals surface area contributed by atoms with E-state index in [9.17, 15) is 4.53 Å². The molecule has 3 nitrogen and oxygen atoms in total. The van der Waals surface area contributed by atoms with E-state index in [4.69, 9.17) is 0 Å². The highest BCUT2D eigenvalue weighted by Crippen LogP contribution is 2.19. The number of benzene rings is 1. The third-order valence-corrected chi connectivity index (χ3v) is 2.41. The van der Waals surface area contributed by atoms with Gasteiger partial charge >= 0.3 is 0 Å². The monoisotopic (exact) mass is 196 g/mol. The van der Waals surface area contributed by atoms with Crippen LogP contribution in [0.15, 0.2) is 24.3 Å². The van der Waals surface area contributed by atoms with Gasteiger partial charge in [-0.05, 0) is 24.3 Å². The summed E-state index contributed by atoms with van der Waals surface area (Å²) in [5.41, 5.74) is 1.12. The van der Waals surface area contributed by atoms with Crippen LogP contribution >= 0.6 is 0 Å². The molecule has 76 valence electrons. The molecule has 0 bridgehead atoms. The number of nitrogens with zero attached hydrogens (tertiary/aromatic N) is 1. The van der Waals surface area contributed by atoms with E-state index in [-0.39, 0.29) is 5.75 Å². The van der Waals surface area contributed by atoms with Gasteiger partial charge < -0.3 is 10.2 Å². The van der Waals surface area contributed by atoms with E-state index < -0.39 is 0 Å². The molecule has 14 heavy (non-hydrogen) atoms. The number of hydrogen-bond donors (Lipinski definition) is 1. The molecule has 1 heterocycles. The standard InChI is InChI=1S/C10H13FN2O/c11-14-10-3-1-9(2-4-10)13-7-5-12-6-8-13/h1-4,12H,5-8H2. The van der Waals surface area contributed by atoms with Gasteiger partial charge in [-0.3, -0.25) is 4.94 Å². The molecule has 4 heteroatoms. The second-order valence-electron chi connectivity index (χ2n) is 3.31. The van der Waals surface area contributed by atoms with Crippen LogP contribution < -0.4 is 15.2 Å².